The van der Waals surface area contributed by atoms with Gasteiger partial charge in [0.25, 0.3) is 0 Å². The molecule has 1 N–H and O–H groups in total. The predicted molar refractivity (Wildman–Crippen MR) is 85.1 cm³/mol. The fourth-order valence-electron chi connectivity index (χ4n) is 1.99. The quantitative estimate of drug-likeness (QED) is 0.740. The van der Waals surface area contributed by atoms with E-state index in [2.05, 4.69) is 26.0 Å². The van der Waals surface area contributed by atoms with E-state index in [9.17, 15) is 5.11 Å². The molecule has 5 nitrogen and oxygen atoms in total. The third-order valence-corrected chi connectivity index (χ3v) is 3.64. The van der Waals surface area contributed by atoms with Crippen molar-refractivity contribution in [2.75, 3.05) is 7.11 Å². The van der Waals surface area contributed by atoms with Gasteiger partial charge in [-0.05, 0) is 45.8 Å². The normalized spacial score (nSPS) is 11.3. The summed E-state index contributed by atoms with van der Waals surface area (Å²) >= 11 is 3.29. The number of aromatic hydroxyl groups is 1. The molecule has 0 amide bonds. The fraction of sp³-hybridized carbons (Fsp3) is 0.0667. The molecule has 1 aromatic heterocycles. The van der Waals surface area contributed by atoms with Crippen molar-refractivity contribution in [3.63, 3.8) is 0 Å². The van der Waals surface area contributed by atoms with Crippen LogP contribution in [0.3, 0.4) is 0 Å². The van der Waals surface area contributed by atoms with Crippen molar-refractivity contribution in [2.24, 2.45) is 5.10 Å². The predicted octanol–water partition coefficient (Wildman–Crippen LogP) is 3.40. The largest absolute Gasteiger partial charge is 0.503 e. The Morgan fingerprint density at radius 3 is 2.95 bits per heavy atom. The molecule has 0 saturated heterocycles. The Balaban J connectivity index is 1.98. The summed E-state index contributed by atoms with van der Waals surface area (Å²) in [6.45, 7) is 0. The van der Waals surface area contributed by atoms with Gasteiger partial charge in [0.05, 0.1) is 28.8 Å². The summed E-state index contributed by atoms with van der Waals surface area (Å²) in [5, 5.41) is 14.2. The maximum absolute atomic E-state index is 9.78. The number of aromatic nitrogens is 2. The number of benzene rings is 2. The van der Waals surface area contributed by atoms with Crippen molar-refractivity contribution >= 4 is 33.2 Å². The number of hydrogen-bond donors (Lipinski definition) is 1. The zero-order valence-electron chi connectivity index (χ0n) is 11.2. The maximum atomic E-state index is 9.78. The van der Waals surface area contributed by atoms with Crippen LogP contribution in [0.25, 0.3) is 11.0 Å². The van der Waals surface area contributed by atoms with E-state index in [4.69, 9.17) is 4.74 Å². The SMILES string of the molecule is COc1cc(/C=N/n2cnc3ccccc32)cc(Br)c1O. The number of nitrogens with zero attached hydrogens (tertiary/aromatic N) is 3. The van der Waals surface area contributed by atoms with Crippen LogP contribution in [0.15, 0.2) is 52.3 Å². The molecule has 3 rings (SSSR count). The second kappa shape index (κ2) is 5.57. The Labute approximate surface area is 129 Å². The van der Waals surface area contributed by atoms with Gasteiger partial charge in [-0.3, -0.25) is 0 Å². The van der Waals surface area contributed by atoms with Crippen LogP contribution in [0.1, 0.15) is 5.56 Å². The van der Waals surface area contributed by atoms with Crippen LogP contribution in [0.5, 0.6) is 11.5 Å². The van der Waals surface area contributed by atoms with Crippen molar-refractivity contribution in [3.05, 3.63) is 52.8 Å². The number of rotatable bonds is 3. The molecule has 6 heteroatoms. The van der Waals surface area contributed by atoms with Gasteiger partial charge < -0.3 is 9.84 Å². The van der Waals surface area contributed by atoms with Crippen LogP contribution in [0.2, 0.25) is 0 Å². The van der Waals surface area contributed by atoms with Gasteiger partial charge in [0, 0.05) is 0 Å². The van der Waals surface area contributed by atoms with Gasteiger partial charge in [-0.25, -0.2) is 9.66 Å². The summed E-state index contributed by atoms with van der Waals surface area (Å²) in [5.41, 5.74) is 2.62. The highest BCUT2D eigenvalue weighted by Crippen LogP contribution is 2.34. The van der Waals surface area contributed by atoms with Crippen LogP contribution in [0, 0.1) is 0 Å². The van der Waals surface area contributed by atoms with Gasteiger partial charge in [0.1, 0.15) is 6.33 Å². The van der Waals surface area contributed by atoms with Gasteiger partial charge in [0.15, 0.2) is 11.5 Å². The van der Waals surface area contributed by atoms with Crippen molar-refractivity contribution in [3.8, 4) is 11.5 Å². The van der Waals surface area contributed by atoms with Crippen LogP contribution >= 0.6 is 15.9 Å². The lowest BCUT2D eigenvalue weighted by molar-refractivity contribution is 0.372. The number of para-hydroxylation sites is 2. The number of ether oxygens (including phenoxy) is 1. The highest BCUT2D eigenvalue weighted by molar-refractivity contribution is 9.10. The molecule has 21 heavy (non-hydrogen) atoms. The molecule has 0 aliphatic heterocycles. The number of halogens is 1. The van der Waals surface area contributed by atoms with E-state index in [1.165, 1.54) is 7.11 Å². The molecular formula is C15H12BrN3O2. The van der Waals surface area contributed by atoms with Gasteiger partial charge in [-0.1, -0.05) is 12.1 Å². The lowest BCUT2D eigenvalue weighted by Gasteiger charge is -2.06. The third kappa shape index (κ3) is 2.62. The Kier molecular flexibility index (Phi) is 3.62. The molecule has 0 aliphatic rings. The molecular weight excluding hydrogens is 334 g/mol. The minimum Gasteiger partial charge on any atom is -0.503 e. The smallest absolute Gasteiger partial charge is 0.172 e. The van der Waals surface area contributed by atoms with Crippen molar-refractivity contribution < 1.29 is 9.84 Å². The average molecular weight is 346 g/mol. The van der Waals surface area contributed by atoms with E-state index in [0.717, 1.165) is 16.6 Å². The first-order valence-corrected chi connectivity index (χ1v) is 7.01. The summed E-state index contributed by atoms with van der Waals surface area (Å²) in [6, 6.07) is 11.2. The van der Waals surface area contributed by atoms with E-state index in [-0.39, 0.29) is 5.75 Å². The summed E-state index contributed by atoms with van der Waals surface area (Å²) in [5.74, 6) is 0.462. The lowest BCUT2D eigenvalue weighted by Crippen LogP contribution is -1.91. The molecule has 0 saturated carbocycles. The minimum atomic E-state index is 0.0720. The summed E-state index contributed by atoms with van der Waals surface area (Å²) in [6.07, 6.45) is 3.34. The molecule has 0 atom stereocenters. The van der Waals surface area contributed by atoms with Crippen molar-refractivity contribution in [2.45, 2.75) is 0 Å². The maximum Gasteiger partial charge on any atom is 0.172 e. The molecule has 0 radical (unpaired) electrons. The van der Waals surface area contributed by atoms with Crippen LogP contribution < -0.4 is 4.74 Å². The Morgan fingerprint density at radius 2 is 2.14 bits per heavy atom. The van der Waals surface area contributed by atoms with Crippen LogP contribution in [0.4, 0.5) is 0 Å². The lowest BCUT2D eigenvalue weighted by atomic mass is 10.2. The van der Waals surface area contributed by atoms with E-state index in [1.807, 2.05) is 24.3 Å². The molecule has 3 aromatic rings. The summed E-state index contributed by atoms with van der Waals surface area (Å²) < 4.78 is 7.36. The van der Waals surface area contributed by atoms with Gasteiger partial charge in [-0.2, -0.15) is 5.10 Å². The first kappa shape index (κ1) is 13.6. The van der Waals surface area contributed by atoms with E-state index >= 15 is 0 Å². The second-order valence-electron chi connectivity index (χ2n) is 4.38. The number of methoxy groups -OCH3 is 1. The average Bonchev–Trinajstić information content (AvgIpc) is 2.91. The second-order valence-corrected chi connectivity index (χ2v) is 5.23. The first-order chi connectivity index (χ1) is 10.2. The van der Waals surface area contributed by atoms with E-state index in [1.54, 1.807) is 29.4 Å². The zero-order chi connectivity index (χ0) is 14.8. The number of fused-ring (bicyclic) bond motifs is 1. The standard InChI is InChI=1S/C15H12BrN3O2/c1-21-14-7-10(6-11(16)15(14)20)8-18-19-9-17-12-4-2-3-5-13(12)19/h2-9,20H,1H3/b18-8+. The highest BCUT2D eigenvalue weighted by Gasteiger charge is 2.07. The third-order valence-electron chi connectivity index (χ3n) is 3.04. The monoisotopic (exact) mass is 345 g/mol. The zero-order valence-corrected chi connectivity index (χ0v) is 12.8. The molecule has 106 valence electrons. The van der Waals surface area contributed by atoms with Crippen LogP contribution in [-0.4, -0.2) is 28.1 Å². The number of phenolic OH excluding ortho intramolecular Hbond substituents is 1. The van der Waals surface area contributed by atoms with Crippen molar-refractivity contribution in [1.29, 1.82) is 0 Å². The van der Waals surface area contributed by atoms with Crippen molar-refractivity contribution in [1.82, 2.24) is 9.66 Å². The minimum absolute atomic E-state index is 0.0720. The number of hydrogen-bond acceptors (Lipinski definition) is 4. The first-order valence-electron chi connectivity index (χ1n) is 6.22. The van der Waals surface area contributed by atoms with Crippen LogP contribution in [-0.2, 0) is 0 Å². The number of imidazole rings is 1. The molecule has 0 bridgehead atoms. The molecule has 0 unspecified atom stereocenters. The molecule has 0 aliphatic carbocycles. The Hall–Kier alpha value is -2.34. The summed E-state index contributed by atoms with van der Waals surface area (Å²) in [4.78, 5) is 4.27. The molecule has 2 aromatic carbocycles. The topological polar surface area (TPSA) is 59.6 Å². The fourth-order valence-corrected chi connectivity index (χ4v) is 2.45. The van der Waals surface area contributed by atoms with E-state index < -0.39 is 0 Å². The van der Waals surface area contributed by atoms with Gasteiger partial charge >= 0.3 is 0 Å². The summed E-state index contributed by atoms with van der Waals surface area (Å²) in [7, 11) is 1.51. The van der Waals surface area contributed by atoms with E-state index in [0.29, 0.717) is 10.2 Å². The molecule has 1 heterocycles. The van der Waals surface area contributed by atoms with Gasteiger partial charge in [-0.15, -0.1) is 0 Å². The molecule has 0 spiro atoms. The Morgan fingerprint density at radius 1 is 1.33 bits per heavy atom. The van der Waals surface area contributed by atoms with Gasteiger partial charge in [0.2, 0.25) is 0 Å². The highest BCUT2D eigenvalue weighted by atomic mass is 79.9. The molecule has 0 fully saturated rings. The Bertz CT molecular complexity index is 827. The number of phenols is 1.